The van der Waals surface area contributed by atoms with Crippen LogP contribution in [0.5, 0.6) is 0 Å². The molecule has 1 saturated heterocycles. The number of hydrogen-bond acceptors (Lipinski definition) is 4. The summed E-state index contributed by atoms with van der Waals surface area (Å²) in [5.41, 5.74) is 0. The van der Waals surface area contributed by atoms with E-state index in [1.807, 2.05) is 0 Å². The lowest BCUT2D eigenvalue weighted by atomic mass is 10.5. The molecule has 0 spiro atoms. The van der Waals surface area contributed by atoms with Crippen LogP contribution in [-0.2, 0) is 19.0 Å². The maximum absolute atomic E-state index is 10.5. The summed E-state index contributed by atoms with van der Waals surface area (Å²) < 4.78 is 30.2. The second-order valence-corrected chi connectivity index (χ2v) is 3.50. The van der Waals surface area contributed by atoms with Gasteiger partial charge in [-0.2, -0.15) is 8.42 Å². The Kier molecular flexibility index (Phi) is 1.74. The summed E-state index contributed by atoms with van der Waals surface area (Å²) >= 11 is 0. The molecule has 1 atom stereocenters. The minimum Gasteiger partial charge on any atom is -0.360 e. The topological polar surface area (TPSA) is 52.6 Å². The highest BCUT2D eigenvalue weighted by molar-refractivity contribution is 7.86. The Bertz CT molecular complexity index is 183. The van der Waals surface area contributed by atoms with E-state index in [-0.39, 0.29) is 12.0 Å². The molecule has 1 heterocycles. The normalized spacial score (nSPS) is 34.1. The van der Waals surface area contributed by atoms with Crippen molar-refractivity contribution in [2.75, 3.05) is 12.5 Å². The van der Waals surface area contributed by atoms with E-state index in [4.69, 9.17) is 0 Å². The molecule has 1 rings (SSSR count). The molecule has 0 aromatic carbocycles. The summed E-state index contributed by atoms with van der Waals surface area (Å²) in [5, 5.41) is 0. The van der Waals surface area contributed by atoms with Crippen LogP contribution >= 0.6 is 0 Å². The van der Waals surface area contributed by atoms with Crippen molar-refractivity contribution >= 4 is 10.1 Å². The van der Waals surface area contributed by atoms with E-state index in [1.165, 1.54) is 0 Å². The molecule has 9 heavy (non-hydrogen) atoms. The zero-order chi connectivity index (χ0) is 6.91. The van der Waals surface area contributed by atoms with Crippen molar-refractivity contribution < 1.29 is 17.3 Å². The van der Waals surface area contributed by atoms with Crippen molar-refractivity contribution in [2.45, 2.75) is 13.0 Å². The van der Waals surface area contributed by atoms with Gasteiger partial charge in [-0.15, -0.1) is 0 Å². The molecule has 0 N–H and O–H groups in total. The standard InChI is InChI=1S/C4H8O4S/c1-4-2-7-3-9(5,6)8-4/h4H,2-3H2,1H3. The van der Waals surface area contributed by atoms with E-state index in [2.05, 4.69) is 8.92 Å². The molecule has 0 aromatic heterocycles. The lowest BCUT2D eigenvalue weighted by Gasteiger charge is -2.18. The van der Waals surface area contributed by atoms with Crippen molar-refractivity contribution in [1.29, 1.82) is 0 Å². The maximum Gasteiger partial charge on any atom is 0.292 e. The van der Waals surface area contributed by atoms with Gasteiger partial charge in [0.25, 0.3) is 10.1 Å². The highest BCUT2D eigenvalue weighted by Gasteiger charge is 2.21. The summed E-state index contributed by atoms with van der Waals surface area (Å²) in [6, 6.07) is 0. The SMILES string of the molecule is CC1COCS(=O)(=O)O1. The van der Waals surface area contributed by atoms with E-state index < -0.39 is 10.1 Å². The van der Waals surface area contributed by atoms with E-state index in [0.717, 1.165) is 0 Å². The van der Waals surface area contributed by atoms with Crippen LogP contribution in [0.25, 0.3) is 0 Å². The number of ether oxygens (including phenoxy) is 1. The molecule has 54 valence electrons. The van der Waals surface area contributed by atoms with Crippen LogP contribution in [-0.4, -0.2) is 27.1 Å². The second-order valence-electron chi connectivity index (χ2n) is 1.95. The Morgan fingerprint density at radius 2 is 2.22 bits per heavy atom. The first kappa shape index (κ1) is 6.98. The minimum atomic E-state index is -3.35. The zero-order valence-electron chi connectivity index (χ0n) is 5.03. The molecule has 4 nitrogen and oxygen atoms in total. The Labute approximate surface area is 53.9 Å². The van der Waals surface area contributed by atoms with Crippen LogP contribution in [0.4, 0.5) is 0 Å². The van der Waals surface area contributed by atoms with Gasteiger partial charge in [0.2, 0.25) is 0 Å². The van der Waals surface area contributed by atoms with Crippen LogP contribution in [0.15, 0.2) is 0 Å². The molecule has 1 aliphatic heterocycles. The average molecular weight is 152 g/mol. The van der Waals surface area contributed by atoms with Crippen molar-refractivity contribution in [3.05, 3.63) is 0 Å². The molecule has 5 heteroatoms. The zero-order valence-corrected chi connectivity index (χ0v) is 5.85. The van der Waals surface area contributed by atoms with Gasteiger partial charge in [0.15, 0.2) is 5.94 Å². The van der Waals surface area contributed by atoms with Crippen molar-refractivity contribution in [1.82, 2.24) is 0 Å². The molecule has 0 aromatic rings. The first-order chi connectivity index (χ1) is 4.10. The summed E-state index contributed by atoms with van der Waals surface area (Å²) in [7, 11) is -3.35. The molecule has 0 radical (unpaired) electrons. The highest BCUT2D eigenvalue weighted by atomic mass is 32.2. The van der Waals surface area contributed by atoms with Gasteiger partial charge in [-0.25, -0.2) is 0 Å². The van der Waals surface area contributed by atoms with Crippen LogP contribution in [0.1, 0.15) is 6.92 Å². The Morgan fingerprint density at radius 3 is 2.56 bits per heavy atom. The van der Waals surface area contributed by atoms with Crippen LogP contribution in [0.2, 0.25) is 0 Å². The minimum absolute atomic E-state index is 0.308. The Balaban J connectivity index is 2.62. The van der Waals surface area contributed by atoms with Crippen LogP contribution in [0.3, 0.4) is 0 Å². The fraction of sp³-hybridized carbons (Fsp3) is 1.00. The molecule has 1 aliphatic rings. The highest BCUT2D eigenvalue weighted by Crippen LogP contribution is 2.07. The van der Waals surface area contributed by atoms with Gasteiger partial charge in [-0.05, 0) is 6.92 Å². The van der Waals surface area contributed by atoms with Crippen LogP contribution in [0, 0.1) is 0 Å². The first-order valence-corrected chi connectivity index (χ1v) is 4.16. The van der Waals surface area contributed by atoms with Gasteiger partial charge < -0.3 is 4.74 Å². The van der Waals surface area contributed by atoms with E-state index in [0.29, 0.717) is 6.61 Å². The number of rotatable bonds is 0. The van der Waals surface area contributed by atoms with E-state index in [9.17, 15) is 8.42 Å². The predicted octanol–water partition coefficient (Wildman–Crippen LogP) is -0.291. The summed E-state index contributed by atoms with van der Waals surface area (Å²) in [4.78, 5) is 0. The largest absolute Gasteiger partial charge is 0.360 e. The summed E-state index contributed by atoms with van der Waals surface area (Å²) in [5.74, 6) is -0.308. The molecule has 0 bridgehead atoms. The van der Waals surface area contributed by atoms with Gasteiger partial charge in [0.1, 0.15) is 0 Å². The summed E-state index contributed by atoms with van der Waals surface area (Å²) in [6.07, 6.45) is -0.330. The molecular formula is C4H8O4S. The van der Waals surface area contributed by atoms with E-state index >= 15 is 0 Å². The first-order valence-electron chi connectivity index (χ1n) is 2.59. The lowest BCUT2D eigenvalue weighted by molar-refractivity contribution is 0.0482. The van der Waals surface area contributed by atoms with Crippen molar-refractivity contribution in [3.63, 3.8) is 0 Å². The molecule has 1 unspecified atom stereocenters. The van der Waals surface area contributed by atoms with Gasteiger partial charge in [-0.3, -0.25) is 4.18 Å². The Hall–Kier alpha value is -0.130. The maximum atomic E-state index is 10.5. The smallest absolute Gasteiger partial charge is 0.292 e. The fourth-order valence-corrected chi connectivity index (χ4v) is 1.53. The van der Waals surface area contributed by atoms with Gasteiger partial charge >= 0.3 is 0 Å². The fourth-order valence-electron chi connectivity index (χ4n) is 0.622. The second kappa shape index (κ2) is 2.24. The molecule has 1 fully saturated rings. The van der Waals surface area contributed by atoms with Gasteiger partial charge in [0, 0.05) is 0 Å². The average Bonchev–Trinajstić information content (AvgIpc) is 1.60. The van der Waals surface area contributed by atoms with E-state index in [1.54, 1.807) is 6.92 Å². The molecule has 0 aliphatic carbocycles. The predicted molar refractivity (Wildman–Crippen MR) is 30.3 cm³/mol. The monoisotopic (exact) mass is 152 g/mol. The molecular weight excluding hydrogens is 144 g/mol. The quantitative estimate of drug-likeness (QED) is 0.447. The third-order valence-electron chi connectivity index (χ3n) is 0.891. The Morgan fingerprint density at radius 1 is 1.56 bits per heavy atom. The molecule has 0 amide bonds. The van der Waals surface area contributed by atoms with Crippen molar-refractivity contribution in [2.24, 2.45) is 0 Å². The van der Waals surface area contributed by atoms with Gasteiger partial charge in [0.05, 0.1) is 12.7 Å². The third kappa shape index (κ3) is 1.92. The van der Waals surface area contributed by atoms with Gasteiger partial charge in [-0.1, -0.05) is 0 Å². The lowest BCUT2D eigenvalue weighted by Crippen LogP contribution is -2.30. The third-order valence-corrected chi connectivity index (χ3v) is 1.97. The molecule has 0 saturated carbocycles. The van der Waals surface area contributed by atoms with Crippen molar-refractivity contribution in [3.8, 4) is 0 Å². The number of hydrogen-bond donors (Lipinski definition) is 0. The van der Waals surface area contributed by atoms with Crippen LogP contribution < -0.4 is 0 Å². The summed E-state index contributed by atoms with van der Waals surface area (Å²) in [6.45, 7) is 2.01.